The van der Waals surface area contributed by atoms with Gasteiger partial charge in [0, 0.05) is 12.1 Å². The first-order chi connectivity index (χ1) is 6.25. The summed E-state index contributed by atoms with van der Waals surface area (Å²) in [5.74, 6) is 0.857. The van der Waals surface area contributed by atoms with Crippen LogP contribution < -0.4 is 5.23 Å². The first-order valence-corrected chi connectivity index (χ1v) is 4.58. The Balaban J connectivity index is 2.04. The van der Waals surface area contributed by atoms with Crippen LogP contribution in [-0.2, 0) is 6.42 Å². The zero-order valence-electron chi connectivity index (χ0n) is 7.36. The molecule has 0 aromatic heterocycles. The maximum absolute atomic E-state index is 10.5. The molecule has 0 heterocycles. The standard InChI is InChI=1S/C10H13NO2/c12-11(13)10-5-3-9(4-6-10)7-8-1-2-8/h3-6,8,11-12H,1-2,7H2. The number of nitrogens with one attached hydrogen (secondary N) is 1. The molecule has 0 spiro atoms. The third-order valence-corrected chi connectivity index (χ3v) is 2.42. The number of rotatable bonds is 3. The molecule has 3 nitrogen and oxygen atoms in total. The molecule has 2 rings (SSSR count). The maximum atomic E-state index is 10.5. The van der Waals surface area contributed by atoms with Crippen molar-refractivity contribution in [2.24, 2.45) is 5.92 Å². The highest BCUT2D eigenvalue weighted by Crippen LogP contribution is 2.32. The lowest BCUT2D eigenvalue weighted by molar-refractivity contribution is -0.991. The predicted octanol–water partition coefficient (Wildman–Crippen LogP) is 1.04. The van der Waals surface area contributed by atoms with Crippen LogP contribution in [0.15, 0.2) is 24.3 Å². The Hall–Kier alpha value is -0.900. The first-order valence-electron chi connectivity index (χ1n) is 4.58. The molecule has 70 valence electrons. The van der Waals surface area contributed by atoms with Gasteiger partial charge in [0.05, 0.1) is 0 Å². The van der Waals surface area contributed by atoms with E-state index in [1.807, 2.05) is 12.1 Å². The molecule has 0 aliphatic heterocycles. The zero-order chi connectivity index (χ0) is 9.26. The maximum Gasteiger partial charge on any atom is 0.163 e. The van der Waals surface area contributed by atoms with E-state index in [2.05, 4.69) is 0 Å². The summed E-state index contributed by atoms with van der Waals surface area (Å²) in [7, 11) is 0. The molecule has 0 saturated heterocycles. The van der Waals surface area contributed by atoms with Crippen molar-refractivity contribution in [3.05, 3.63) is 35.0 Å². The molecule has 1 unspecified atom stereocenters. The summed E-state index contributed by atoms with van der Waals surface area (Å²) >= 11 is 0. The molecule has 1 aliphatic rings. The topological polar surface area (TPSA) is 47.7 Å². The summed E-state index contributed by atoms with van der Waals surface area (Å²) in [6, 6.07) is 7.20. The van der Waals surface area contributed by atoms with Crippen molar-refractivity contribution < 1.29 is 10.4 Å². The summed E-state index contributed by atoms with van der Waals surface area (Å²) in [4.78, 5) is 0. The van der Waals surface area contributed by atoms with Crippen molar-refractivity contribution in [3.63, 3.8) is 0 Å². The molecule has 1 aromatic rings. The Morgan fingerprint density at radius 3 is 2.38 bits per heavy atom. The predicted molar refractivity (Wildman–Crippen MR) is 48.6 cm³/mol. The van der Waals surface area contributed by atoms with E-state index < -0.39 is 5.23 Å². The third kappa shape index (κ3) is 2.28. The van der Waals surface area contributed by atoms with E-state index in [0.717, 1.165) is 12.3 Å². The van der Waals surface area contributed by atoms with Gasteiger partial charge in [-0.1, -0.05) is 12.1 Å². The molecule has 1 aromatic carbocycles. The molecular weight excluding hydrogens is 166 g/mol. The molecule has 1 fully saturated rings. The fourth-order valence-corrected chi connectivity index (χ4v) is 1.44. The van der Waals surface area contributed by atoms with E-state index in [1.165, 1.54) is 18.4 Å². The van der Waals surface area contributed by atoms with Crippen LogP contribution in [0.1, 0.15) is 18.4 Å². The Morgan fingerprint density at radius 1 is 1.31 bits per heavy atom. The monoisotopic (exact) mass is 179 g/mol. The normalized spacial score (nSPS) is 18.6. The lowest BCUT2D eigenvalue weighted by Crippen LogP contribution is -2.99. The largest absolute Gasteiger partial charge is 0.595 e. The summed E-state index contributed by atoms with van der Waals surface area (Å²) in [6.07, 6.45) is 3.78. The SMILES string of the molecule is [O-][NH+](O)c1ccc(CC2CC2)cc1. The van der Waals surface area contributed by atoms with Crippen LogP contribution in [0.4, 0.5) is 5.69 Å². The van der Waals surface area contributed by atoms with E-state index in [0.29, 0.717) is 5.69 Å². The second-order valence-electron chi connectivity index (χ2n) is 3.65. The van der Waals surface area contributed by atoms with Gasteiger partial charge < -0.3 is 5.21 Å². The van der Waals surface area contributed by atoms with Crippen LogP contribution in [0.2, 0.25) is 0 Å². The zero-order valence-corrected chi connectivity index (χ0v) is 7.36. The summed E-state index contributed by atoms with van der Waals surface area (Å²) < 4.78 is 0. The minimum absolute atomic E-state index is 0.375. The Labute approximate surface area is 77.1 Å². The van der Waals surface area contributed by atoms with Crippen LogP contribution in [0.25, 0.3) is 0 Å². The lowest BCUT2D eigenvalue weighted by atomic mass is 10.1. The van der Waals surface area contributed by atoms with Crippen molar-refractivity contribution in [3.8, 4) is 0 Å². The first kappa shape index (κ1) is 8.69. The molecule has 0 amide bonds. The highest BCUT2D eigenvalue weighted by Gasteiger charge is 2.21. The Kier molecular flexibility index (Phi) is 2.31. The smallest absolute Gasteiger partial charge is 0.163 e. The molecule has 3 heteroatoms. The van der Waals surface area contributed by atoms with Gasteiger partial charge in [-0.25, -0.2) is 5.21 Å². The van der Waals surface area contributed by atoms with E-state index in [4.69, 9.17) is 5.21 Å². The highest BCUT2D eigenvalue weighted by molar-refractivity contribution is 5.32. The Bertz CT molecular complexity index is 277. The van der Waals surface area contributed by atoms with Gasteiger partial charge in [-0.2, -0.15) is 5.23 Å². The second kappa shape index (κ2) is 3.46. The minimum atomic E-state index is -0.849. The van der Waals surface area contributed by atoms with E-state index in [9.17, 15) is 5.21 Å². The van der Waals surface area contributed by atoms with Crippen molar-refractivity contribution in [1.29, 1.82) is 0 Å². The fraction of sp³-hybridized carbons (Fsp3) is 0.400. The van der Waals surface area contributed by atoms with Gasteiger partial charge in [0.2, 0.25) is 0 Å². The van der Waals surface area contributed by atoms with Gasteiger partial charge in [-0.15, -0.1) is 0 Å². The van der Waals surface area contributed by atoms with Gasteiger partial charge >= 0.3 is 0 Å². The van der Waals surface area contributed by atoms with Crippen LogP contribution in [0, 0.1) is 11.1 Å². The van der Waals surface area contributed by atoms with Crippen molar-refractivity contribution >= 4 is 5.69 Å². The van der Waals surface area contributed by atoms with Crippen LogP contribution in [0.5, 0.6) is 0 Å². The van der Waals surface area contributed by atoms with E-state index >= 15 is 0 Å². The molecule has 1 atom stereocenters. The van der Waals surface area contributed by atoms with E-state index in [-0.39, 0.29) is 0 Å². The van der Waals surface area contributed by atoms with Gasteiger partial charge in [0.25, 0.3) is 0 Å². The van der Waals surface area contributed by atoms with Gasteiger partial charge in [0.15, 0.2) is 5.69 Å². The second-order valence-corrected chi connectivity index (χ2v) is 3.65. The van der Waals surface area contributed by atoms with Gasteiger partial charge in [-0.05, 0) is 30.7 Å². The van der Waals surface area contributed by atoms with Crippen LogP contribution in [0.3, 0.4) is 0 Å². The molecule has 1 aliphatic carbocycles. The van der Waals surface area contributed by atoms with Gasteiger partial charge in [0.1, 0.15) is 0 Å². The summed E-state index contributed by atoms with van der Waals surface area (Å²) in [6.45, 7) is 0. The van der Waals surface area contributed by atoms with Crippen molar-refractivity contribution in [1.82, 2.24) is 0 Å². The molecule has 1 saturated carbocycles. The quantitative estimate of drug-likeness (QED) is 0.681. The molecule has 2 N–H and O–H groups in total. The van der Waals surface area contributed by atoms with Crippen molar-refractivity contribution in [2.75, 3.05) is 0 Å². The van der Waals surface area contributed by atoms with Crippen LogP contribution >= 0.6 is 0 Å². The highest BCUT2D eigenvalue weighted by atomic mass is 16.8. The minimum Gasteiger partial charge on any atom is -0.595 e. The van der Waals surface area contributed by atoms with Gasteiger partial charge in [-0.3, -0.25) is 0 Å². The average Bonchev–Trinajstić information content (AvgIpc) is 2.89. The summed E-state index contributed by atoms with van der Waals surface area (Å²) in [5.41, 5.74) is 1.63. The lowest BCUT2D eigenvalue weighted by Gasteiger charge is -2.11. The average molecular weight is 179 g/mol. The molecule has 0 bridgehead atoms. The van der Waals surface area contributed by atoms with E-state index in [1.54, 1.807) is 12.1 Å². The number of hydrogen-bond acceptors (Lipinski definition) is 2. The molecule has 0 radical (unpaired) electrons. The third-order valence-electron chi connectivity index (χ3n) is 2.42. The number of benzene rings is 1. The molecule has 13 heavy (non-hydrogen) atoms. The number of quaternary nitrogens is 1. The van der Waals surface area contributed by atoms with Crippen molar-refractivity contribution in [2.45, 2.75) is 19.3 Å². The van der Waals surface area contributed by atoms with Crippen LogP contribution in [-0.4, -0.2) is 5.21 Å². The summed E-state index contributed by atoms with van der Waals surface area (Å²) in [5, 5.41) is 18.4. The molecular formula is C10H13NO2. The fourth-order valence-electron chi connectivity index (χ4n) is 1.44. The number of hydrogen-bond donors (Lipinski definition) is 2. The Morgan fingerprint density at radius 2 is 1.92 bits per heavy atom.